The molecule has 0 heterocycles. The molecule has 196 valence electrons. The molecule has 4 aliphatic carbocycles. The Morgan fingerprint density at radius 1 is 1.00 bits per heavy atom. The third kappa shape index (κ3) is 3.62. The Labute approximate surface area is 211 Å². The fourth-order valence-corrected chi connectivity index (χ4v) is 9.91. The summed E-state index contributed by atoms with van der Waals surface area (Å²) >= 11 is 0. The van der Waals surface area contributed by atoms with Crippen molar-refractivity contribution in [2.75, 3.05) is 0 Å². The van der Waals surface area contributed by atoms with Gasteiger partial charge in [-0.05, 0) is 111 Å². The zero-order valence-corrected chi connectivity index (χ0v) is 24.2. The normalized spacial score (nSPS) is 47.8. The molecule has 0 bridgehead atoms. The lowest BCUT2D eigenvalue weighted by molar-refractivity contribution is -0.202. The predicted molar refractivity (Wildman–Crippen MR) is 143 cm³/mol. The van der Waals surface area contributed by atoms with Gasteiger partial charge in [-0.15, -0.1) is 0 Å². The van der Waals surface area contributed by atoms with Gasteiger partial charge in [0.2, 0.25) is 0 Å². The topological polar surface area (TPSA) is 40.5 Å². The van der Waals surface area contributed by atoms with E-state index < -0.39 is 5.60 Å². The fourth-order valence-electron chi connectivity index (χ4n) is 9.91. The van der Waals surface area contributed by atoms with Gasteiger partial charge in [-0.25, -0.2) is 0 Å². The van der Waals surface area contributed by atoms with Crippen molar-refractivity contribution < 1.29 is 10.2 Å². The molecule has 0 aromatic carbocycles. The van der Waals surface area contributed by atoms with Crippen LogP contribution in [0.15, 0.2) is 11.6 Å². The molecular formula is C32H56O2. The Morgan fingerprint density at radius 2 is 1.65 bits per heavy atom. The molecule has 0 aliphatic heterocycles. The Hall–Kier alpha value is -0.340. The third-order valence-corrected chi connectivity index (χ3v) is 13.5. The molecule has 10 unspecified atom stereocenters. The van der Waals surface area contributed by atoms with Crippen molar-refractivity contribution >= 4 is 0 Å². The molecule has 3 fully saturated rings. The average molecular weight is 473 g/mol. The molecule has 4 rings (SSSR count). The minimum Gasteiger partial charge on any atom is -0.393 e. The molecule has 2 nitrogen and oxygen atoms in total. The van der Waals surface area contributed by atoms with Gasteiger partial charge in [0.1, 0.15) is 0 Å². The van der Waals surface area contributed by atoms with E-state index in [1.165, 1.54) is 32.1 Å². The van der Waals surface area contributed by atoms with Crippen molar-refractivity contribution in [1.29, 1.82) is 0 Å². The molecule has 0 amide bonds. The maximum absolute atomic E-state index is 12.0. The van der Waals surface area contributed by atoms with E-state index in [-0.39, 0.29) is 27.8 Å². The van der Waals surface area contributed by atoms with Gasteiger partial charge >= 0.3 is 0 Å². The maximum Gasteiger partial charge on any atom is 0.0617 e. The summed E-state index contributed by atoms with van der Waals surface area (Å²) in [5, 5.41) is 22.5. The molecule has 3 saturated carbocycles. The lowest BCUT2D eigenvalue weighted by Crippen LogP contribution is -2.64. The smallest absolute Gasteiger partial charge is 0.0617 e. The van der Waals surface area contributed by atoms with Gasteiger partial charge in [-0.2, -0.15) is 0 Å². The van der Waals surface area contributed by atoms with E-state index in [0.717, 1.165) is 25.2 Å². The van der Waals surface area contributed by atoms with E-state index in [1.54, 1.807) is 5.57 Å². The summed E-state index contributed by atoms with van der Waals surface area (Å²) in [6.45, 7) is 23.6. The van der Waals surface area contributed by atoms with Crippen LogP contribution in [0.2, 0.25) is 0 Å². The summed E-state index contributed by atoms with van der Waals surface area (Å²) in [7, 11) is 0. The largest absolute Gasteiger partial charge is 0.393 e. The first kappa shape index (κ1) is 26.7. The SMILES string of the molecule is CC(CCC(C)C(C)(C)O)C1CCC2(C)C3CC=C4C(CCC(C)C4(C)C)C3(C)C(O)CC12C. The highest BCUT2D eigenvalue weighted by Crippen LogP contribution is 2.75. The fraction of sp³-hybridized carbons (Fsp3) is 0.938. The van der Waals surface area contributed by atoms with Gasteiger partial charge in [0, 0.05) is 5.41 Å². The van der Waals surface area contributed by atoms with Crippen molar-refractivity contribution in [3.63, 3.8) is 0 Å². The van der Waals surface area contributed by atoms with Crippen LogP contribution in [0.3, 0.4) is 0 Å². The van der Waals surface area contributed by atoms with Crippen LogP contribution >= 0.6 is 0 Å². The standard InChI is InChI=1S/C32H56O2/c1-20(11-12-22(3)29(6,7)34)23-17-18-30(8)26-16-15-24-25(14-13-21(2)28(24,4)5)32(26,10)27(33)19-31(23,30)9/h15,20-23,25-27,33-34H,11-14,16-19H2,1-10H3. The van der Waals surface area contributed by atoms with Crippen LogP contribution in [0.5, 0.6) is 0 Å². The average Bonchev–Trinajstić information content (AvgIpc) is 2.99. The zero-order chi connectivity index (χ0) is 25.5. The number of aliphatic hydroxyl groups is 2. The van der Waals surface area contributed by atoms with Gasteiger partial charge in [0.15, 0.2) is 0 Å². The van der Waals surface area contributed by atoms with Gasteiger partial charge in [0.05, 0.1) is 11.7 Å². The van der Waals surface area contributed by atoms with Gasteiger partial charge < -0.3 is 10.2 Å². The lowest BCUT2D eigenvalue weighted by atomic mass is 9.38. The van der Waals surface area contributed by atoms with E-state index in [2.05, 4.69) is 61.5 Å². The number of rotatable bonds is 5. The molecular weight excluding hydrogens is 416 g/mol. The zero-order valence-electron chi connectivity index (χ0n) is 24.2. The summed E-state index contributed by atoms with van der Waals surface area (Å²) in [6, 6.07) is 0. The highest BCUT2D eigenvalue weighted by molar-refractivity contribution is 5.31. The van der Waals surface area contributed by atoms with Crippen LogP contribution in [0, 0.1) is 57.2 Å². The first-order valence-electron chi connectivity index (χ1n) is 14.6. The first-order valence-corrected chi connectivity index (χ1v) is 14.6. The van der Waals surface area contributed by atoms with Crippen LogP contribution in [-0.4, -0.2) is 21.9 Å². The summed E-state index contributed by atoms with van der Waals surface area (Å²) in [5.74, 6) is 3.45. The highest BCUT2D eigenvalue weighted by Gasteiger charge is 2.69. The van der Waals surface area contributed by atoms with E-state index in [9.17, 15) is 10.2 Å². The van der Waals surface area contributed by atoms with E-state index >= 15 is 0 Å². The number of fused-ring (bicyclic) bond motifs is 5. The van der Waals surface area contributed by atoms with Gasteiger partial charge in [-0.1, -0.05) is 73.5 Å². The molecule has 2 heteroatoms. The Bertz CT molecular complexity index is 804. The predicted octanol–water partition coefficient (Wildman–Crippen LogP) is 8.02. The molecule has 0 aromatic rings. The van der Waals surface area contributed by atoms with Crippen molar-refractivity contribution in [3.8, 4) is 0 Å². The van der Waals surface area contributed by atoms with Crippen molar-refractivity contribution in [2.45, 2.75) is 132 Å². The Morgan fingerprint density at radius 3 is 2.26 bits per heavy atom. The number of aliphatic hydroxyl groups excluding tert-OH is 1. The molecule has 34 heavy (non-hydrogen) atoms. The molecule has 0 aromatic heterocycles. The first-order chi connectivity index (χ1) is 15.5. The second kappa shape index (κ2) is 8.34. The molecule has 0 saturated heterocycles. The van der Waals surface area contributed by atoms with Gasteiger partial charge in [0.25, 0.3) is 0 Å². The van der Waals surface area contributed by atoms with Crippen molar-refractivity contribution in [2.24, 2.45) is 57.2 Å². The molecule has 4 aliphatic rings. The maximum atomic E-state index is 12.0. The Kier molecular flexibility index (Phi) is 6.55. The summed E-state index contributed by atoms with van der Waals surface area (Å²) < 4.78 is 0. The van der Waals surface area contributed by atoms with Crippen LogP contribution in [0.4, 0.5) is 0 Å². The molecule has 2 N–H and O–H groups in total. The highest BCUT2D eigenvalue weighted by atomic mass is 16.3. The van der Waals surface area contributed by atoms with Crippen LogP contribution in [-0.2, 0) is 0 Å². The lowest BCUT2D eigenvalue weighted by Gasteiger charge is -2.67. The number of hydrogen-bond donors (Lipinski definition) is 2. The molecule has 0 radical (unpaired) electrons. The number of allylic oxidation sites excluding steroid dienone is 2. The van der Waals surface area contributed by atoms with E-state index in [4.69, 9.17) is 0 Å². The van der Waals surface area contributed by atoms with Crippen LogP contribution in [0.1, 0.15) is 121 Å². The minimum atomic E-state index is -0.603. The Balaban J connectivity index is 1.63. The monoisotopic (exact) mass is 472 g/mol. The van der Waals surface area contributed by atoms with Crippen LogP contribution < -0.4 is 0 Å². The summed E-state index contributed by atoms with van der Waals surface area (Å²) in [5.41, 5.74) is 1.80. The molecule has 10 atom stereocenters. The second-order valence-corrected chi connectivity index (χ2v) is 15.4. The van der Waals surface area contributed by atoms with Crippen molar-refractivity contribution in [1.82, 2.24) is 0 Å². The van der Waals surface area contributed by atoms with E-state index in [0.29, 0.717) is 29.6 Å². The quantitative estimate of drug-likeness (QED) is 0.398. The minimum absolute atomic E-state index is 0.00328. The summed E-state index contributed by atoms with van der Waals surface area (Å²) in [6.07, 6.45) is 12.0. The summed E-state index contributed by atoms with van der Waals surface area (Å²) in [4.78, 5) is 0. The number of hydrogen-bond acceptors (Lipinski definition) is 2. The van der Waals surface area contributed by atoms with Crippen molar-refractivity contribution in [3.05, 3.63) is 11.6 Å². The third-order valence-electron chi connectivity index (χ3n) is 13.5. The van der Waals surface area contributed by atoms with Crippen LogP contribution in [0.25, 0.3) is 0 Å². The molecule has 0 spiro atoms. The second-order valence-electron chi connectivity index (χ2n) is 15.4. The van der Waals surface area contributed by atoms with E-state index in [1.807, 2.05) is 13.8 Å². The van der Waals surface area contributed by atoms with Gasteiger partial charge in [-0.3, -0.25) is 0 Å².